The van der Waals surface area contributed by atoms with E-state index in [1.165, 1.54) is 23.1 Å². The number of nitro benzene ring substituents is 1. The van der Waals surface area contributed by atoms with Gasteiger partial charge in [-0.05, 0) is 12.5 Å². The maximum atomic E-state index is 12.3. The van der Waals surface area contributed by atoms with Crippen LogP contribution in [-0.4, -0.2) is 73.5 Å². The molecule has 1 aromatic rings. The Hall–Kier alpha value is -2.40. The number of rotatable bonds is 8. The van der Waals surface area contributed by atoms with Crippen LogP contribution < -0.4 is 10.6 Å². The van der Waals surface area contributed by atoms with E-state index in [0.29, 0.717) is 17.8 Å². The number of aliphatic hydroxyl groups excluding tert-OH is 1. The summed E-state index contributed by atoms with van der Waals surface area (Å²) >= 11 is 0. The number of hydrogen-bond acceptors (Lipinski definition) is 8. The van der Waals surface area contributed by atoms with Gasteiger partial charge in [0.25, 0.3) is 5.69 Å². The standard InChI is InChI=1S/C15H22N4O6S/c1-18(12-4-7-26(24,25)10-12)15(21)9-17-14-8-11(19(22)23)2-3-13(14)16-5-6-20/h2-3,8,12,16-17,20H,4-7,9-10H2,1H3/t12-/m1/s1. The largest absolute Gasteiger partial charge is 0.395 e. The number of sulfone groups is 1. The predicted octanol–water partition coefficient (Wildman–Crippen LogP) is 0.0564. The zero-order chi connectivity index (χ0) is 19.3. The van der Waals surface area contributed by atoms with Crippen molar-refractivity contribution < 1.29 is 23.2 Å². The molecule has 0 saturated carbocycles. The SMILES string of the molecule is CN(C(=O)CNc1cc([N+](=O)[O-])ccc1NCCO)[C@@H]1CCS(=O)(=O)C1. The highest BCUT2D eigenvalue weighted by Gasteiger charge is 2.32. The lowest BCUT2D eigenvalue weighted by Gasteiger charge is -2.24. The lowest BCUT2D eigenvalue weighted by Crippen LogP contribution is -2.41. The Morgan fingerprint density at radius 3 is 2.69 bits per heavy atom. The molecule has 0 spiro atoms. The summed E-state index contributed by atoms with van der Waals surface area (Å²) in [5, 5.41) is 25.6. The minimum Gasteiger partial charge on any atom is -0.395 e. The molecule has 3 N–H and O–H groups in total. The fourth-order valence-corrected chi connectivity index (χ4v) is 4.49. The Morgan fingerprint density at radius 2 is 2.12 bits per heavy atom. The first-order valence-electron chi connectivity index (χ1n) is 8.06. The van der Waals surface area contributed by atoms with E-state index in [-0.39, 0.29) is 48.8 Å². The van der Waals surface area contributed by atoms with E-state index >= 15 is 0 Å². The van der Waals surface area contributed by atoms with Gasteiger partial charge in [0.15, 0.2) is 9.84 Å². The second kappa shape index (κ2) is 8.32. The van der Waals surface area contributed by atoms with Crippen LogP contribution in [0.5, 0.6) is 0 Å². The van der Waals surface area contributed by atoms with Crippen LogP contribution >= 0.6 is 0 Å². The molecule has 0 aliphatic carbocycles. The quantitative estimate of drug-likeness (QED) is 0.420. The molecule has 144 valence electrons. The van der Waals surface area contributed by atoms with E-state index in [9.17, 15) is 23.3 Å². The minimum atomic E-state index is -3.10. The van der Waals surface area contributed by atoms with Gasteiger partial charge in [-0.1, -0.05) is 0 Å². The Bertz CT molecular complexity index is 782. The van der Waals surface area contributed by atoms with Gasteiger partial charge < -0.3 is 20.6 Å². The molecule has 0 aromatic heterocycles. The van der Waals surface area contributed by atoms with Gasteiger partial charge in [0, 0.05) is 31.8 Å². The first-order chi connectivity index (χ1) is 12.2. The maximum Gasteiger partial charge on any atom is 0.271 e. The van der Waals surface area contributed by atoms with Gasteiger partial charge in [-0.2, -0.15) is 0 Å². The van der Waals surface area contributed by atoms with Crippen molar-refractivity contribution in [2.24, 2.45) is 0 Å². The predicted molar refractivity (Wildman–Crippen MR) is 97.0 cm³/mol. The summed E-state index contributed by atoms with van der Waals surface area (Å²) in [6, 6.07) is 3.76. The molecule has 1 atom stereocenters. The van der Waals surface area contributed by atoms with Crippen molar-refractivity contribution in [2.45, 2.75) is 12.5 Å². The molecular weight excluding hydrogens is 364 g/mol. The first kappa shape index (κ1) is 19.9. The van der Waals surface area contributed by atoms with Crippen molar-refractivity contribution in [3.8, 4) is 0 Å². The van der Waals surface area contributed by atoms with Gasteiger partial charge >= 0.3 is 0 Å². The number of nitrogens with zero attached hydrogens (tertiary/aromatic N) is 2. The number of likely N-dealkylation sites (N-methyl/N-ethyl adjacent to an activating group) is 1. The summed E-state index contributed by atoms with van der Waals surface area (Å²) < 4.78 is 23.1. The van der Waals surface area contributed by atoms with Gasteiger partial charge in [0.05, 0.1) is 41.0 Å². The zero-order valence-corrected chi connectivity index (χ0v) is 15.2. The number of nitrogens with one attached hydrogen (secondary N) is 2. The molecular formula is C15H22N4O6S. The highest BCUT2D eigenvalue weighted by molar-refractivity contribution is 7.91. The number of carbonyl (C=O) groups excluding carboxylic acids is 1. The van der Waals surface area contributed by atoms with E-state index in [1.54, 1.807) is 7.05 Å². The van der Waals surface area contributed by atoms with Crippen LogP contribution in [0.3, 0.4) is 0 Å². The Balaban J connectivity index is 2.05. The van der Waals surface area contributed by atoms with Crippen LogP contribution in [0, 0.1) is 10.1 Å². The second-order valence-corrected chi connectivity index (χ2v) is 8.28. The van der Waals surface area contributed by atoms with Crippen molar-refractivity contribution in [1.29, 1.82) is 0 Å². The molecule has 0 radical (unpaired) electrons. The van der Waals surface area contributed by atoms with E-state index in [0.717, 1.165) is 0 Å². The second-order valence-electron chi connectivity index (χ2n) is 6.05. The summed E-state index contributed by atoms with van der Waals surface area (Å²) in [7, 11) is -1.55. The van der Waals surface area contributed by atoms with Crippen LogP contribution in [0.2, 0.25) is 0 Å². The van der Waals surface area contributed by atoms with E-state index in [1.807, 2.05) is 0 Å². The van der Waals surface area contributed by atoms with Gasteiger partial charge in [0.1, 0.15) is 0 Å². The van der Waals surface area contributed by atoms with Crippen LogP contribution in [0.1, 0.15) is 6.42 Å². The van der Waals surface area contributed by atoms with E-state index in [4.69, 9.17) is 5.11 Å². The number of hydrogen-bond donors (Lipinski definition) is 3. The van der Waals surface area contributed by atoms with Crippen LogP contribution in [0.25, 0.3) is 0 Å². The lowest BCUT2D eigenvalue weighted by atomic mass is 10.2. The third-order valence-corrected chi connectivity index (χ3v) is 5.97. The van der Waals surface area contributed by atoms with Crippen molar-refractivity contribution in [3.63, 3.8) is 0 Å². The molecule has 1 heterocycles. The minimum absolute atomic E-state index is 0.0463. The highest BCUT2D eigenvalue weighted by atomic mass is 32.2. The fraction of sp³-hybridized carbons (Fsp3) is 0.533. The molecule has 10 nitrogen and oxygen atoms in total. The maximum absolute atomic E-state index is 12.3. The smallest absolute Gasteiger partial charge is 0.271 e. The molecule has 26 heavy (non-hydrogen) atoms. The van der Waals surface area contributed by atoms with Gasteiger partial charge in [0.2, 0.25) is 5.91 Å². The highest BCUT2D eigenvalue weighted by Crippen LogP contribution is 2.27. The van der Waals surface area contributed by atoms with Crippen molar-refractivity contribution in [3.05, 3.63) is 28.3 Å². The lowest BCUT2D eigenvalue weighted by molar-refractivity contribution is -0.384. The van der Waals surface area contributed by atoms with Crippen LogP contribution in [0.15, 0.2) is 18.2 Å². The summed E-state index contributed by atoms with van der Waals surface area (Å²) in [4.78, 5) is 24.1. The Kier molecular flexibility index (Phi) is 6.37. The topological polar surface area (TPSA) is 142 Å². The van der Waals surface area contributed by atoms with Gasteiger partial charge in [-0.3, -0.25) is 14.9 Å². The average molecular weight is 386 g/mol. The Morgan fingerprint density at radius 1 is 1.38 bits per heavy atom. The number of nitro groups is 1. The Labute approximate surface area is 151 Å². The third-order valence-electron chi connectivity index (χ3n) is 4.22. The molecule has 0 bridgehead atoms. The monoisotopic (exact) mass is 386 g/mol. The number of benzene rings is 1. The number of carbonyl (C=O) groups is 1. The van der Waals surface area contributed by atoms with Crippen molar-refractivity contribution in [1.82, 2.24) is 4.90 Å². The molecule has 0 unspecified atom stereocenters. The number of amides is 1. The molecule has 1 fully saturated rings. The number of aliphatic hydroxyl groups is 1. The van der Waals surface area contributed by atoms with Crippen LogP contribution in [0.4, 0.5) is 17.1 Å². The molecule has 1 aliphatic heterocycles. The summed E-state index contributed by atoms with van der Waals surface area (Å²) in [5.41, 5.74) is 0.738. The van der Waals surface area contributed by atoms with Gasteiger partial charge in [-0.25, -0.2) is 8.42 Å². The fourth-order valence-electron chi connectivity index (χ4n) is 2.72. The van der Waals surface area contributed by atoms with E-state index in [2.05, 4.69) is 10.6 Å². The summed E-state index contributed by atoms with van der Waals surface area (Å²) in [6.07, 6.45) is 0.407. The summed E-state index contributed by atoms with van der Waals surface area (Å²) in [6.45, 7) is -0.00343. The normalized spacial score (nSPS) is 18.3. The van der Waals surface area contributed by atoms with Gasteiger partial charge in [-0.15, -0.1) is 0 Å². The average Bonchev–Trinajstić information content (AvgIpc) is 2.97. The van der Waals surface area contributed by atoms with Crippen molar-refractivity contribution >= 4 is 32.8 Å². The van der Waals surface area contributed by atoms with E-state index < -0.39 is 14.8 Å². The molecule has 1 aromatic carbocycles. The van der Waals surface area contributed by atoms with Crippen LogP contribution in [-0.2, 0) is 14.6 Å². The molecule has 1 aliphatic rings. The zero-order valence-electron chi connectivity index (χ0n) is 14.3. The molecule has 1 amide bonds. The molecule has 2 rings (SSSR count). The molecule has 11 heteroatoms. The number of anilines is 2. The molecule has 1 saturated heterocycles. The van der Waals surface area contributed by atoms with Crippen molar-refractivity contribution in [2.75, 3.05) is 48.9 Å². The third kappa shape index (κ3) is 5.05. The summed E-state index contributed by atoms with van der Waals surface area (Å²) in [5.74, 6) is -0.287. The first-order valence-corrected chi connectivity index (χ1v) is 9.89. The number of non-ortho nitro benzene ring substituents is 1.